The van der Waals surface area contributed by atoms with E-state index < -0.39 is 22.4 Å². The van der Waals surface area contributed by atoms with Crippen molar-refractivity contribution in [1.82, 2.24) is 0 Å². The molecule has 0 aliphatic heterocycles. The van der Waals surface area contributed by atoms with Crippen LogP contribution in [0.3, 0.4) is 0 Å². The summed E-state index contributed by atoms with van der Waals surface area (Å²) in [5, 5.41) is 11.4. The molecule has 3 rings (SSSR count). The lowest BCUT2D eigenvalue weighted by molar-refractivity contribution is -0.385. The lowest BCUT2D eigenvalue weighted by Crippen LogP contribution is -2.06. The van der Waals surface area contributed by atoms with Crippen LogP contribution in [-0.2, 0) is 6.18 Å². The third-order valence-electron chi connectivity index (χ3n) is 4.16. The number of alkyl halides is 3. The van der Waals surface area contributed by atoms with Gasteiger partial charge in [-0.1, -0.05) is 15.9 Å². The van der Waals surface area contributed by atoms with E-state index >= 15 is 0 Å². The van der Waals surface area contributed by atoms with Crippen molar-refractivity contribution in [1.29, 1.82) is 0 Å². The second-order valence-corrected chi connectivity index (χ2v) is 8.07. The highest BCUT2D eigenvalue weighted by Crippen LogP contribution is 2.41. The number of nitro benzene ring substituents is 1. The summed E-state index contributed by atoms with van der Waals surface area (Å²) in [4.78, 5) is 14.8. The van der Waals surface area contributed by atoms with Gasteiger partial charge in [-0.15, -0.1) is 0 Å². The summed E-state index contributed by atoms with van der Waals surface area (Å²) in [6.45, 7) is 0. The predicted octanol–water partition coefficient (Wildman–Crippen LogP) is 7.69. The number of nitro groups is 1. The SMILES string of the molecule is COc1ccc(N=Cc2cc(Br)cc(Br)c2Oc2ccc(C(F)(F)F)cc2[N+](=O)[O-])cc1. The van der Waals surface area contributed by atoms with Crippen molar-refractivity contribution in [3.05, 3.63) is 84.8 Å². The van der Waals surface area contributed by atoms with Crippen LogP contribution in [0.15, 0.2) is 68.5 Å². The Morgan fingerprint density at radius 2 is 1.75 bits per heavy atom. The van der Waals surface area contributed by atoms with Gasteiger partial charge in [-0.3, -0.25) is 15.1 Å². The van der Waals surface area contributed by atoms with Crippen molar-refractivity contribution < 1.29 is 27.6 Å². The molecular formula is C21H13Br2F3N2O4. The van der Waals surface area contributed by atoms with E-state index in [1.165, 1.54) is 6.21 Å². The van der Waals surface area contributed by atoms with Crippen LogP contribution in [0.5, 0.6) is 17.2 Å². The number of nitrogens with zero attached hydrogens (tertiary/aromatic N) is 2. The molecule has 0 saturated heterocycles. The summed E-state index contributed by atoms with van der Waals surface area (Å²) in [6, 6.07) is 12.3. The van der Waals surface area contributed by atoms with Crippen molar-refractivity contribution in [2.24, 2.45) is 4.99 Å². The van der Waals surface area contributed by atoms with Crippen LogP contribution in [0.1, 0.15) is 11.1 Å². The van der Waals surface area contributed by atoms with Crippen LogP contribution in [0.2, 0.25) is 0 Å². The number of methoxy groups -OCH3 is 1. The minimum atomic E-state index is -4.72. The number of benzene rings is 3. The van der Waals surface area contributed by atoms with E-state index in [0.29, 0.717) is 32.0 Å². The Hall–Kier alpha value is -2.92. The number of rotatable bonds is 6. The molecule has 3 aromatic rings. The van der Waals surface area contributed by atoms with Gasteiger partial charge in [0.1, 0.15) is 5.75 Å². The number of hydrogen-bond acceptors (Lipinski definition) is 5. The molecule has 0 aromatic heterocycles. The maximum absolute atomic E-state index is 13.0. The molecule has 6 nitrogen and oxygen atoms in total. The van der Waals surface area contributed by atoms with Gasteiger partial charge >= 0.3 is 11.9 Å². The third kappa shape index (κ3) is 5.65. The monoisotopic (exact) mass is 572 g/mol. The molecule has 0 heterocycles. The molecule has 0 aliphatic carbocycles. The Morgan fingerprint density at radius 3 is 2.34 bits per heavy atom. The second kappa shape index (κ2) is 9.70. The van der Waals surface area contributed by atoms with Crippen LogP contribution in [-0.4, -0.2) is 18.2 Å². The van der Waals surface area contributed by atoms with Crippen molar-refractivity contribution in [3.8, 4) is 17.2 Å². The fourth-order valence-corrected chi connectivity index (χ4v) is 3.97. The zero-order chi connectivity index (χ0) is 23.5. The summed E-state index contributed by atoms with van der Waals surface area (Å²) >= 11 is 6.68. The Balaban J connectivity index is 2.01. The standard InChI is InChI=1S/C21H13Br2F3N2O4/c1-31-16-5-3-15(4-6-16)27-11-12-8-14(22)10-17(23)20(12)32-19-7-2-13(21(24,25)26)9-18(19)28(29)30/h2-11H,1H3. The predicted molar refractivity (Wildman–Crippen MR) is 120 cm³/mol. The minimum Gasteiger partial charge on any atom is -0.497 e. The van der Waals surface area contributed by atoms with Gasteiger partial charge < -0.3 is 9.47 Å². The van der Waals surface area contributed by atoms with Gasteiger partial charge in [-0.25, -0.2) is 0 Å². The van der Waals surface area contributed by atoms with Crippen LogP contribution >= 0.6 is 31.9 Å². The summed E-state index contributed by atoms with van der Waals surface area (Å²) in [5.41, 5.74) is -0.926. The quantitative estimate of drug-likeness (QED) is 0.172. The molecule has 0 radical (unpaired) electrons. The topological polar surface area (TPSA) is 74.0 Å². The van der Waals surface area contributed by atoms with E-state index in [-0.39, 0.29) is 11.5 Å². The number of ether oxygens (including phenoxy) is 2. The highest BCUT2D eigenvalue weighted by Gasteiger charge is 2.33. The maximum atomic E-state index is 13.0. The van der Waals surface area contributed by atoms with Gasteiger partial charge in [-0.2, -0.15) is 13.2 Å². The van der Waals surface area contributed by atoms with Gasteiger partial charge in [0.15, 0.2) is 5.75 Å². The molecule has 0 N–H and O–H groups in total. The summed E-state index contributed by atoms with van der Waals surface area (Å²) in [6.07, 6.45) is -3.25. The molecule has 32 heavy (non-hydrogen) atoms. The summed E-state index contributed by atoms with van der Waals surface area (Å²) < 4.78 is 50.8. The van der Waals surface area contributed by atoms with Crippen LogP contribution in [0.4, 0.5) is 24.5 Å². The molecule has 0 bridgehead atoms. The first-order chi connectivity index (χ1) is 15.1. The Kier molecular flexibility index (Phi) is 7.19. The smallest absolute Gasteiger partial charge is 0.416 e. The summed E-state index contributed by atoms with van der Waals surface area (Å²) in [5.74, 6) is 0.464. The number of hydrogen-bond donors (Lipinski definition) is 0. The highest BCUT2D eigenvalue weighted by molar-refractivity contribution is 9.11. The average molecular weight is 574 g/mol. The third-order valence-corrected chi connectivity index (χ3v) is 5.20. The Labute approximate surface area is 197 Å². The van der Waals surface area contributed by atoms with E-state index in [2.05, 4.69) is 36.9 Å². The first-order valence-electron chi connectivity index (χ1n) is 8.79. The highest BCUT2D eigenvalue weighted by atomic mass is 79.9. The molecule has 0 amide bonds. The Bertz CT molecular complexity index is 1180. The Morgan fingerprint density at radius 1 is 1.06 bits per heavy atom. The zero-order valence-electron chi connectivity index (χ0n) is 16.2. The molecule has 0 saturated carbocycles. The van der Waals surface area contributed by atoms with E-state index in [0.717, 1.165) is 12.1 Å². The van der Waals surface area contributed by atoms with Crippen molar-refractivity contribution in [3.63, 3.8) is 0 Å². The first-order valence-corrected chi connectivity index (χ1v) is 10.4. The lowest BCUT2D eigenvalue weighted by atomic mass is 10.1. The minimum absolute atomic E-state index is 0.147. The van der Waals surface area contributed by atoms with Gasteiger partial charge in [0.2, 0.25) is 5.75 Å². The fourth-order valence-electron chi connectivity index (χ4n) is 2.63. The second-order valence-electron chi connectivity index (χ2n) is 6.30. The van der Waals surface area contributed by atoms with E-state index in [1.54, 1.807) is 43.5 Å². The molecule has 3 aromatic carbocycles. The van der Waals surface area contributed by atoms with Crippen molar-refractivity contribution >= 4 is 49.4 Å². The van der Waals surface area contributed by atoms with Crippen molar-refractivity contribution in [2.45, 2.75) is 6.18 Å². The van der Waals surface area contributed by atoms with Crippen molar-refractivity contribution in [2.75, 3.05) is 7.11 Å². The molecule has 0 fully saturated rings. The van der Waals surface area contributed by atoms with Crippen LogP contribution in [0, 0.1) is 10.1 Å². The van der Waals surface area contributed by atoms with Gasteiger partial charge in [0, 0.05) is 22.3 Å². The zero-order valence-corrected chi connectivity index (χ0v) is 19.4. The molecule has 0 spiro atoms. The molecule has 0 unspecified atom stereocenters. The van der Waals surface area contributed by atoms with E-state index in [1.807, 2.05) is 0 Å². The maximum Gasteiger partial charge on any atom is 0.416 e. The molecule has 0 aliphatic rings. The molecule has 11 heteroatoms. The molecule has 0 atom stereocenters. The van der Waals surface area contributed by atoms with E-state index in [9.17, 15) is 23.3 Å². The van der Waals surface area contributed by atoms with Crippen LogP contribution in [0.25, 0.3) is 0 Å². The fraction of sp³-hybridized carbons (Fsp3) is 0.0952. The molecular weight excluding hydrogens is 561 g/mol. The number of halogens is 5. The summed E-state index contributed by atoms with van der Waals surface area (Å²) in [7, 11) is 1.54. The number of aliphatic imine (C=N–C) groups is 1. The van der Waals surface area contributed by atoms with Crippen LogP contribution < -0.4 is 9.47 Å². The van der Waals surface area contributed by atoms with Gasteiger partial charge in [-0.05, 0) is 64.5 Å². The van der Waals surface area contributed by atoms with Gasteiger partial charge in [0.05, 0.1) is 27.8 Å². The normalized spacial score (nSPS) is 11.6. The van der Waals surface area contributed by atoms with Gasteiger partial charge in [0.25, 0.3) is 0 Å². The molecule has 166 valence electrons. The van der Waals surface area contributed by atoms with E-state index in [4.69, 9.17) is 9.47 Å². The first kappa shape index (κ1) is 23.7. The largest absolute Gasteiger partial charge is 0.497 e. The average Bonchev–Trinajstić information content (AvgIpc) is 2.73. The lowest BCUT2D eigenvalue weighted by Gasteiger charge is -2.13.